The van der Waals surface area contributed by atoms with Crippen LogP contribution < -0.4 is 10.6 Å². The lowest BCUT2D eigenvalue weighted by molar-refractivity contribution is -0.137. The van der Waals surface area contributed by atoms with Crippen molar-refractivity contribution in [3.63, 3.8) is 0 Å². The summed E-state index contributed by atoms with van der Waals surface area (Å²) in [6.07, 6.45) is -1.63. The molecule has 1 saturated heterocycles. The van der Waals surface area contributed by atoms with Crippen molar-refractivity contribution in [3.05, 3.63) is 28.2 Å². The van der Waals surface area contributed by atoms with Crippen molar-refractivity contribution < 1.29 is 13.2 Å². The van der Waals surface area contributed by atoms with E-state index >= 15 is 0 Å². The van der Waals surface area contributed by atoms with Crippen LogP contribution in [-0.2, 0) is 6.18 Å². The minimum absolute atomic E-state index is 0.0883. The number of hydrogen-bond acceptors (Lipinski definition) is 2. The van der Waals surface area contributed by atoms with Crippen molar-refractivity contribution in [2.24, 2.45) is 0 Å². The molecule has 1 aliphatic rings. The molecule has 0 radical (unpaired) electrons. The van der Waals surface area contributed by atoms with E-state index in [9.17, 15) is 13.2 Å². The average Bonchev–Trinajstić information content (AvgIpc) is 2.56. The molecule has 0 saturated carbocycles. The van der Waals surface area contributed by atoms with Crippen LogP contribution in [0.5, 0.6) is 0 Å². The van der Waals surface area contributed by atoms with Gasteiger partial charge in [0.2, 0.25) is 0 Å². The molecule has 0 bridgehead atoms. The number of benzene rings is 1. The van der Waals surface area contributed by atoms with Crippen LogP contribution in [0.1, 0.15) is 24.8 Å². The number of anilines is 1. The van der Waals surface area contributed by atoms with Crippen LogP contribution in [0.15, 0.2) is 22.7 Å². The maximum absolute atomic E-state index is 12.9. The van der Waals surface area contributed by atoms with Gasteiger partial charge in [-0.05, 0) is 50.6 Å². The monoisotopic (exact) mass is 336 g/mol. The van der Waals surface area contributed by atoms with E-state index in [0.29, 0.717) is 4.47 Å². The number of nitrogens with one attached hydrogen (secondary N) is 2. The summed E-state index contributed by atoms with van der Waals surface area (Å²) < 4.78 is 39.5. The fourth-order valence-electron chi connectivity index (χ4n) is 2.27. The van der Waals surface area contributed by atoms with Crippen LogP contribution in [0.4, 0.5) is 18.9 Å². The Kier molecular flexibility index (Phi) is 4.73. The normalized spacial score (nSPS) is 20.9. The lowest BCUT2D eigenvalue weighted by atomic mass is 10.1. The number of halogens is 4. The summed E-state index contributed by atoms with van der Waals surface area (Å²) in [7, 11) is 0. The van der Waals surface area contributed by atoms with Gasteiger partial charge < -0.3 is 10.6 Å². The summed E-state index contributed by atoms with van der Waals surface area (Å²) in [5.74, 6) is 0. The van der Waals surface area contributed by atoms with Gasteiger partial charge in [-0.25, -0.2) is 0 Å². The maximum Gasteiger partial charge on any atom is 0.418 e. The van der Waals surface area contributed by atoms with E-state index in [2.05, 4.69) is 26.6 Å². The van der Waals surface area contributed by atoms with E-state index in [1.165, 1.54) is 12.1 Å². The fourth-order valence-corrected chi connectivity index (χ4v) is 2.63. The van der Waals surface area contributed by atoms with Gasteiger partial charge in [0.1, 0.15) is 0 Å². The van der Waals surface area contributed by atoms with Gasteiger partial charge in [-0.15, -0.1) is 0 Å². The van der Waals surface area contributed by atoms with Crippen LogP contribution in [0.2, 0.25) is 0 Å². The zero-order valence-electron chi connectivity index (χ0n) is 10.4. The average molecular weight is 337 g/mol. The second-order valence-corrected chi connectivity index (χ2v) is 5.63. The molecule has 2 rings (SSSR count). The van der Waals surface area contributed by atoms with Crippen LogP contribution in [0, 0.1) is 0 Å². The minimum Gasteiger partial charge on any atom is -0.382 e. The third kappa shape index (κ3) is 4.11. The molecule has 0 spiro atoms. The van der Waals surface area contributed by atoms with Crippen molar-refractivity contribution >= 4 is 21.6 Å². The lowest BCUT2D eigenvalue weighted by Crippen LogP contribution is -2.23. The van der Waals surface area contributed by atoms with E-state index in [1.54, 1.807) is 0 Å². The molecule has 1 aromatic carbocycles. The first kappa shape index (κ1) is 14.7. The molecular formula is C13H16BrF3N2. The summed E-state index contributed by atoms with van der Waals surface area (Å²) in [6.45, 7) is 1.77. The number of hydrogen-bond donors (Lipinski definition) is 2. The highest BCUT2D eigenvalue weighted by atomic mass is 79.9. The standard InChI is InChI=1S/C13H16BrF3N2/c14-9-3-4-11(13(15,16)17)12(8-9)19-10-2-1-6-18-7-5-10/h3-4,8,10,18-19H,1-2,5-7H2. The van der Waals surface area contributed by atoms with Crippen molar-refractivity contribution in [1.82, 2.24) is 5.32 Å². The Labute approximate surface area is 118 Å². The van der Waals surface area contributed by atoms with Crippen LogP contribution in [0.25, 0.3) is 0 Å². The van der Waals surface area contributed by atoms with Crippen molar-refractivity contribution in [1.29, 1.82) is 0 Å². The van der Waals surface area contributed by atoms with Gasteiger partial charge in [-0.3, -0.25) is 0 Å². The first-order chi connectivity index (χ1) is 8.97. The maximum atomic E-state index is 12.9. The molecule has 2 N–H and O–H groups in total. The molecule has 1 heterocycles. The summed E-state index contributed by atoms with van der Waals surface area (Å²) in [4.78, 5) is 0. The second kappa shape index (κ2) is 6.13. The topological polar surface area (TPSA) is 24.1 Å². The Morgan fingerprint density at radius 1 is 1.21 bits per heavy atom. The molecule has 0 amide bonds. The molecule has 6 heteroatoms. The zero-order chi connectivity index (χ0) is 13.9. The molecule has 1 aromatic rings. The van der Waals surface area contributed by atoms with Gasteiger partial charge in [0.05, 0.1) is 5.56 Å². The molecule has 1 atom stereocenters. The first-order valence-electron chi connectivity index (χ1n) is 6.31. The van der Waals surface area contributed by atoms with Crippen molar-refractivity contribution in [3.8, 4) is 0 Å². The molecule has 19 heavy (non-hydrogen) atoms. The van der Waals surface area contributed by atoms with Crippen LogP contribution in [0.3, 0.4) is 0 Å². The molecule has 1 aliphatic heterocycles. The Hall–Kier alpha value is -0.750. The van der Waals surface area contributed by atoms with E-state index in [-0.39, 0.29) is 11.7 Å². The van der Waals surface area contributed by atoms with E-state index in [1.807, 2.05) is 0 Å². The van der Waals surface area contributed by atoms with E-state index < -0.39 is 11.7 Å². The highest BCUT2D eigenvalue weighted by Gasteiger charge is 2.34. The third-order valence-corrected chi connectivity index (χ3v) is 3.72. The fraction of sp³-hybridized carbons (Fsp3) is 0.538. The predicted molar refractivity (Wildman–Crippen MR) is 73.3 cm³/mol. The number of alkyl halides is 3. The van der Waals surface area contributed by atoms with Gasteiger partial charge in [-0.1, -0.05) is 15.9 Å². The molecule has 2 nitrogen and oxygen atoms in total. The molecule has 0 aromatic heterocycles. The van der Waals surface area contributed by atoms with Gasteiger partial charge in [0.15, 0.2) is 0 Å². The van der Waals surface area contributed by atoms with Gasteiger partial charge in [0.25, 0.3) is 0 Å². The lowest BCUT2D eigenvalue weighted by Gasteiger charge is -2.21. The Balaban J connectivity index is 2.20. The molecule has 1 unspecified atom stereocenters. The van der Waals surface area contributed by atoms with Gasteiger partial charge in [-0.2, -0.15) is 13.2 Å². The van der Waals surface area contributed by atoms with Crippen LogP contribution >= 0.6 is 15.9 Å². The first-order valence-corrected chi connectivity index (χ1v) is 7.10. The third-order valence-electron chi connectivity index (χ3n) is 3.22. The summed E-state index contributed by atoms with van der Waals surface area (Å²) in [6, 6.07) is 4.12. The Bertz CT molecular complexity index is 426. The largest absolute Gasteiger partial charge is 0.418 e. The van der Waals surface area contributed by atoms with E-state index in [4.69, 9.17) is 0 Å². The van der Waals surface area contributed by atoms with Crippen LogP contribution in [-0.4, -0.2) is 19.1 Å². The Morgan fingerprint density at radius 3 is 2.74 bits per heavy atom. The summed E-state index contributed by atoms with van der Waals surface area (Å²) >= 11 is 3.22. The summed E-state index contributed by atoms with van der Waals surface area (Å²) in [5, 5.41) is 6.29. The molecular weight excluding hydrogens is 321 g/mol. The summed E-state index contributed by atoms with van der Waals surface area (Å²) in [5.41, 5.74) is -0.443. The smallest absolute Gasteiger partial charge is 0.382 e. The van der Waals surface area contributed by atoms with Crippen molar-refractivity contribution in [2.45, 2.75) is 31.5 Å². The quantitative estimate of drug-likeness (QED) is 0.852. The highest BCUT2D eigenvalue weighted by molar-refractivity contribution is 9.10. The zero-order valence-corrected chi connectivity index (χ0v) is 11.9. The predicted octanol–water partition coefficient (Wildman–Crippen LogP) is 4.02. The van der Waals surface area contributed by atoms with E-state index in [0.717, 1.165) is 38.4 Å². The SMILES string of the molecule is FC(F)(F)c1ccc(Br)cc1NC1CCCNCC1. The molecule has 106 valence electrons. The highest BCUT2D eigenvalue weighted by Crippen LogP contribution is 2.36. The number of rotatable bonds is 2. The molecule has 1 fully saturated rings. The van der Waals surface area contributed by atoms with Gasteiger partial charge >= 0.3 is 6.18 Å². The second-order valence-electron chi connectivity index (χ2n) is 4.71. The minimum atomic E-state index is -4.33. The van der Waals surface area contributed by atoms with Gasteiger partial charge in [0, 0.05) is 16.2 Å². The molecule has 0 aliphatic carbocycles. The Morgan fingerprint density at radius 2 is 2.00 bits per heavy atom. The van der Waals surface area contributed by atoms with Crippen molar-refractivity contribution in [2.75, 3.05) is 18.4 Å².